The average Bonchev–Trinajstić information content (AvgIpc) is 3.77. The second-order valence-electron chi connectivity index (χ2n) is 13.1. The Balaban J connectivity index is 0.991. The van der Waals surface area contributed by atoms with Crippen LogP contribution in [0.15, 0.2) is 84.4 Å². The first kappa shape index (κ1) is 32.9. The first-order valence-corrected chi connectivity index (χ1v) is 16.6. The van der Waals surface area contributed by atoms with Crippen molar-refractivity contribution in [2.45, 2.75) is 32.4 Å². The Hall–Kier alpha value is -5.63. The number of hydrogen-bond donors (Lipinski definition) is 2. The van der Waals surface area contributed by atoms with E-state index in [1.165, 1.54) is 12.1 Å². The van der Waals surface area contributed by atoms with Gasteiger partial charge in [0.25, 0.3) is 0 Å². The van der Waals surface area contributed by atoms with Crippen molar-refractivity contribution in [3.8, 4) is 22.6 Å². The quantitative estimate of drug-likeness (QED) is 0.211. The highest BCUT2D eigenvalue weighted by molar-refractivity contribution is 6.00. The molecule has 2 aromatic carbocycles. The van der Waals surface area contributed by atoms with E-state index in [9.17, 15) is 18.9 Å². The molecule has 0 aliphatic carbocycles. The van der Waals surface area contributed by atoms with Crippen molar-refractivity contribution in [2.75, 3.05) is 49.5 Å². The van der Waals surface area contributed by atoms with Gasteiger partial charge in [-0.3, -0.25) is 19.6 Å². The number of pyridine rings is 1. The van der Waals surface area contributed by atoms with Crippen molar-refractivity contribution < 1.29 is 14.0 Å². The monoisotopic (exact) mass is 676 g/mol. The third-order valence-corrected chi connectivity index (χ3v) is 9.93. The molecule has 2 amide bonds. The van der Waals surface area contributed by atoms with E-state index in [0.717, 1.165) is 27.8 Å². The van der Waals surface area contributed by atoms with Crippen LogP contribution in [0.25, 0.3) is 33.5 Å². The normalized spacial score (nSPS) is 20.2. The van der Waals surface area contributed by atoms with Crippen LogP contribution in [-0.4, -0.2) is 98.1 Å². The van der Waals surface area contributed by atoms with Crippen molar-refractivity contribution >= 4 is 34.2 Å². The number of nitroso groups, excluding NO2 is 1. The molecule has 2 aliphatic rings. The Morgan fingerprint density at radius 1 is 1.04 bits per heavy atom. The van der Waals surface area contributed by atoms with Gasteiger partial charge in [0, 0.05) is 73.0 Å². The number of carbonyl (C=O) groups is 2. The van der Waals surface area contributed by atoms with Crippen molar-refractivity contribution in [2.24, 2.45) is 10.6 Å². The first-order chi connectivity index (χ1) is 24.2. The lowest BCUT2D eigenvalue weighted by molar-refractivity contribution is -0.135. The Kier molecular flexibility index (Phi) is 9.02. The van der Waals surface area contributed by atoms with Gasteiger partial charge in [-0.2, -0.15) is 10.0 Å². The number of aromatic amines is 1. The maximum absolute atomic E-state index is 13.9. The van der Waals surface area contributed by atoms with E-state index in [-0.39, 0.29) is 36.8 Å². The van der Waals surface area contributed by atoms with Gasteiger partial charge >= 0.3 is 0 Å². The van der Waals surface area contributed by atoms with Gasteiger partial charge in [0.2, 0.25) is 11.8 Å². The van der Waals surface area contributed by atoms with E-state index >= 15 is 0 Å². The molecule has 0 saturated carbocycles. The Morgan fingerprint density at radius 3 is 2.54 bits per heavy atom. The van der Waals surface area contributed by atoms with Crippen LogP contribution in [0, 0.1) is 16.1 Å². The van der Waals surface area contributed by atoms with Gasteiger partial charge in [-0.1, -0.05) is 5.18 Å². The lowest BCUT2D eigenvalue weighted by atomic mass is 9.79. The number of aromatic nitrogens is 5. The maximum atomic E-state index is 13.9. The van der Waals surface area contributed by atoms with Crippen molar-refractivity contribution in [3.63, 3.8) is 0 Å². The number of nitrogens with zero attached hydrogens (tertiary/aromatic N) is 8. The number of likely N-dealkylation sites (tertiary alicyclic amines) is 1. The number of anilines is 2. The van der Waals surface area contributed by atoms with E-state index < -0.39 is 11.5 Å². The summed E-state index contributed by atoms with van der Waals surface area (Å²) < 4.78 is 13.5. The smallest absolute Gasteiger partial charge is 0.237 e. The SMILES string of the molecule is CC1CN(c2ccc(-c3ncccn3)cn2)CCN1C(=O)CN1CCC(C(=O)Nc2ccc3[nH]nc(-c4ccc(F)cc4)c3c2)(C(C)N=O)C1. The van der Waals surface area contributed by atoms with Crippen LogP contribution in [0.5, 0.6) is 0 Å². The van der Waals surface area contributed by atoms with Gasteiger partial charge in [0.1, 0.15) is 17.7 Å². The molecular weight excluding hydrogens is 639 g/mol. The fourth-order valence-corrected chi connectivity index (χ4v) is 7.01. The third-order valence-electron chi connectivity index (χ3n) is 9.93. The largest absolute Gasteiger partial charge is 0.353 e. The molecule has 3 atom stereocenters. The lowest BCUT2D eigenvalue weighted by Gasteiger charge is -2.41. The molecule has 0 bridgehead atoms. The molecule has 2 saturated heterocycles. The predicted molar refractivity (Wildman–Crippen MR) is 188 cm³/mol. The van der Waals surface area contributed by atoms with Gasteiger partial charge in [-0.05, 0) is 87.5 Å². The fourth-order valence-electron chi connectivity index (χ4n) is 7.01. The van der Waals surface area contributed by atoms with E-state index in [1.807, 2.05) is 34.9 Å². The molecule has 5 aromatic rings. The third kappa shape index (κ3) is 6.41. The summed E-state index contributed by atoms with van der Waals surface area (Å²) in [4.78, 5) is 58.6. The molecule has 256 valence electrons. The molecule has 2 N–H and O–H groups in total. The summed E-state index contributed by atoms with van der Waals surface area (Å²) in [5.74, 6) is 0.746. The summed E-state index contributed by atoms with van der Waals surface area (Å²) in [6.45, 7) is 6.30. The van der Waals surface area contributed by atoms with Crippen LogP contribution in [-0.2, 0) is 9.59 Å². The zero-order valence-electron chi connectivity index (χ0n) is 27.8. The molecule has 2 fully saturated rings. The predicted octanol–water partition coefficient (Wildman–Crippen LogP) is 4.74. The van der Waals surface area contributed by atoms with E-state index in [2.05, 4.69) is 40.5 Å². The summed E-state index contributed by atoms with van der Waals surface area (Å²) in [5.41, 5.74) is 2.37. The van der Waals surface area contributed by atoms with Crippen LogP contribution < -0.4 is 10.2 Å². The van der Waals surface area contributed by atoms with Gasteiger partial charge in [0.05, 0.1) is 23.2 Å². The van der Waals surface area contributed by atoms with Crippen LogP contribution in [0.2, 0.25) is 0 Å². The number of carbonyl (C=O) groups excluding carboxylic acids is 2. The molecule has 14 heteroatoms. The molecule has 3 aromatic heterocycles. The topological polar surface area (TPSA) is 153 Å². The van der Waals surface area contributed by atoms with Gasteiger partial charge < -0.3 is 15.1 Å². The molecule has 3 unspecified atom stereocenters. The van der Waals surface area contributed by atoms with Crippen LogP contribution in [0.3, 0.4) is 0 Å². The van der Waals surface area contributed by atoms with E-state index in [1.54, 1.807) is 55.8 Å². The number of hydrogen-bond acceptors (Lipinski definition) is 10. The molecule has 7 rings (SSSR count). The van der Waals surface area contributed by atoms with Gasteiger partial charge in [-0.15, -0.1) is 0 Å². The van der Waals surface area contributed by atoms with Crippen molar-refractivity contribution in [3.05, 3.63) is 90.0 Å². The Bertz CT molecular complexity index is 2010. The number of rotatable bonds is 9. The standard InChI is InChI=1S/C36H37FN10O3/c1-23-20-46(31-11-6-26(19-40-31)34-38-13-3-14-39-34)16-17-47(23)32(48)21-45-15-12-36(22-45,24(2)44-50)35(49)41-28-9-10-30-29(18-28)33(43-42-30)25-4-7-27(37)8-5-25/h3-11,13-14,18-19,23-24H,12,15-17,20-22H2,1-2H3,(H,41,49)(H,42,43). The number of nitrogens with one attached hydrogen (secondary N) is 2. The molecule has 13 nitrogen and oxygen atoms in total. The average molecular weight is 677 g/mol. The first-order valence-electron chi connectivity index (χ1n) is 16.6. The zero-order chi connectivity index (χ0) is 34.8. The number of fused-ring (bicyclic) bond motifs is 1. The minimum Gasteiger partial charge on any atom is -0.353 e. The molecule has 2 aliphatic heterocycles. The summed E-state index contributed by atoms with van der Waals surface area (Å²) >= 11 is 0. The Morgan fingerprint density at radius 2 is 1.82 bits per heavy atom. The summed E-state index contributed by atoms with van der Waals surface area (Å²) in [6, 6.07) is 16.2. The van der Waals surface area contributed by atoms with Crippen molar-refractivity contribution in [1.29, 1.82) is 0 Å². The molecule has 0 spiro atoms. The highest BCUT2D eigenvalue weighted by Gasteiger charge is 2.50. The molecule has 50 heavy (non-hydrogen) atoms. The fraction of sp³-hybridized carbons (Fsp3) is 0.333. The maximum Gasteiger partial charge on any atom is 0.237 e. The number of H-pyrrole nitrogens is 1. The van der Waals surface area contributed by atoms with Gasteiger partial charge in [0.15, 0.2) is 5.82 Å². The minimum atomic E-state index is -1.11. The van der Waals surface area contributed by atoms with Crippen LogP contribution in [0.1, 0.15) is 20.3 Å². The number of piperazine rings is 1. The van der Waals surface area contributed by atoms with Crippen LogP contribution in [0.4, 0.5) is 15.9 Å². The summed E-state index contributed by atoms with van der Waals surface area (Å²) in [7, 11) is 0. The van der Waals surface area contributed by atoms with E-state index in [0.29, 0.717) is 49.8 Å². The highest BCUT2D eigenvalue weighted by Crippen LogP contribution is 2.38. The van der Waals surface area contributed by atoms with Crippen LogP contribution >= 0.6 is 0 Å². The second kappa shape index (κ2) is 13.7. The summed E-state index contributed by atoms with van der Waals surface area (Å²) in [5, 5.41) is 14.4. The van der Waals surface area contributed by atoms with Crippen molar-refractivity contribution in [1.82, 2.24) is 34.9 Å². The molecular formula is C36H37FN10O3. The zero-order valence-corrected chi connectivity index (χ0v) is 27.8. The Labute approximate surface area is 287 Å². The highest BCUT2D eigenvalue weighted by atomic mass is 19.1. The molecule has 0 radical (unpaired) electrons. The number of benzene rings is 2. The van der Waals surface area contributed by atoms with E-state index in [4.69, 9.17) is 0 Å². The lowest BCUT2D eigenvalue weighted by Crippen LogP contribution is -2.56. The minimum absolute atomic E-state index is 0.0247. The van der Waals surface area contributed by atoms with Gasteiger partial charge in [-0.25, -0.2) is 19.3 Å². The molecule has 5 heterocycles. The second-order valence-corrected chi connectivity index (χ2v) is 13.1. The number of halogens is 1. The summed E-state index contributed by atoms with van der Waals surface area (Å²) in [6.07, 6.45) is 5.54. The number of amides is 2.